The molecule has 0 saturated carbocycles. The fraction of sp³-hybridized carbons (Fsp3) is 0.188. The lowest BCUT2D eigenvalue weighted by Crippen LogP contribution is -2.28. The molecule has 2 rings (SSSR count). The highest BCUT2D eigenvalue weighted by atomic mass is 35.5. The van der Waals surface area contributed by atoms with Crippen LogP contribution in [-0.2, 0) is 6.54 Å². The summed E-state index contributed by atoms with van der Waals surface area (Å²) in [6.07, 6.45) is -4.77. The number of hydrogen-bond acceptors (Lipinski definition) is 3. The van der Waals surface area contributed by atoms with E-state index in [1.165, 1.54) is 31.4 Å². The molecule has 0 bridgehead atoms. The number of carbonyl (C=O) groups excluding carboxylic acids is 1. The third-order valence-corrected chi connectivity index (χ3v) is 3.23. The average Bonchev–Trinajstić information content (AvgIpc) is 2.52. The van der Waals surface area contributed by atoms with Gasteiger partial charge < -0.3 is 20.1 Å². The molecule has 0 aliphatic heterocycles. The second-order valence-electron chi connectivity index (χ2n) is 4.85. The predicted octanol–water partition coefficient (Wildman–Crippen LogP) is 4.57. The molecule has 0 aliphatic carbocycles. The molecular weight excluding hydrogens is 361 g/mol. The van der Waals surface area contributed by atoms with Crippen LogP contribution in [-0.4, -0.2) is 19.5 Å². The summed E-state index contributed by atoms with van der Waals surface area (Å²) in [4.78, 5) is 11.9. The van der Waals surface area contributed by atoms with Gasteiger partial charge in [0.25, 0.3) is 0 Å². The molecule has 9 heteroatoms. The van der Waals surface area contributed by atoms with Gasteiger partial charge in [-0.05, 0) is 35.9 Å². The number of methoxy groups -OCH3 is 1. The Morgan fingerprint density at radius 1 is 1.20 bits per heavy atom. The third kappa shape index (κ3) is 6.07. The van der Waals surface area contributed by atoms with Crippen molar-refractivity contribution in [3.8, 4) is 11.5 Å². The Hall–Kier alpha value is -2.61. The monoisotopic (exact) mass is 374 g/mol. The Kier molecular flexibility index (Phi) is 5.97. The maximum absolute atomic E-state index is 12.2. The lowest BCUT2D eigenvalue weighted by molar-refractivity contribution is -0.274. The first kappa shape index (κ1) is 18.7. The highest BCUT2D eigenvalue weighted by Crippen LogP contribution is 2.27. The van der Waals surface area contributed by atoms with Crippen LogP contribution < -0.4 is 20.1 Å². The Labute approximate surface area is 146 Å². The highest BCUT2D eigenvalue weighted by Gasteiger charge is 2.31. The van der Waals surface area contributed by atoms with Crippen LogP contribution in [0.3, 0.4) is 0 Å². The quantitative estimate of drug-likeness (QED) is 0.806. The van der Waals surface area contributed by atoms with Crippen LogP contribution in [0.15, 0.2) is 42.5 Å². The fourth-order valence-electron chi connectivity index (χ4n) is 1.98. The van der Waals surface area contributed by atoms with Gasteiger partial charge in [0.15, 0.2) is 0 Å². The number of hydrogen-bond donors (Lipinski definition) is 2. The van der Waals surface area contributed by atoms with Gasteiger partial charge in [-0.3, -0.25) is 0 Å². The van der Waals surface area contributed by atoms with Crippen molar-refractivity contribution in [3.05, 3.63) is 53.1 Å². The van der Waals surface area contributed by atoms with Crippen molar-refractivity contribution in [1.29, 1.82) is 0 Å². The van der Waals surface area contributed by atoms with Crippen molar-refractivity contribution in [1.82, 2.24) is 5.32 Å². The van der Waals surface area contributed by atoms with E-state index in [1.807, 2.05) is 0 Å². The van der Waals surface area contributed by atoms with Gasteiger partial charge in [-0.1, -0.05) is 23.7 Å². The smallest absolute Gasteiger partial charge is 0.495 e. The van der Waals surface area contributed by atoms with E-state index in [4.69, 9.17) is 16.3 Å². The van der Waals surface area contributed by atoms with Crippen molar-refractivity contribution in [2.45, 2.75) is 12.9 Å². The van der Waals surface area contributed by atoms with Gasteiger partial charge in [-0.15, -0.1) is 13.2 Å². The summed E-state index contributed by atoms with van der Waals surface area (Å²) < 4.78 is 45.6. The van der Waals surface area contributed by atoms with E-state index in [9.17, 15) is 18.0 Å². The summed E-state index contributed by atoms with van der Waals surface area (Å²) in [6, 6.07) is 9.47. The number of anilines is 1. The number of carbonyl (C=O) groups is 1. The fourth-order valence-corrected chi connectivity index (χ4v) is 2.15. The Morgan fingerprint density at radius 2 is 1.96 bits per heavy atom. The van der Waals surface area contributed by atoms with E-state index in [0.29, 0.717) is 22.0 Å². The van der Waals surface area contributed by atoms with Crippen molar-refractivity contribution in [3.63, 3.8) is 0 Å². The molecule has 0 atom stereocenters. The van der Waals surface area contributed by atoms with Crippen LogP contribution in [0.25, 0.3) is 0 Å². The van der Waals surface area contributed by atoms with Crippen molar-refractivity contribution < 1.29 is 27.4 Å². The Bertz CT molecular complexity index is 754. The van der Waals surface area contributed by atoms with Gasteiger partial charge >= 0.3 is 12.4 Å². The van der Waals surface area contributed by atoms with Gasteiger partial charge in [0.2, 0.25) is 0 Å². The molecular formula is C16H14ClF3N2O3. The zero-order valence-electron chi connectivity index (χ0n) is 13.0. The van der Waals surface area contributed by atoms with Gasteiger partial charge in [-0.2, -0.15) is 0 Å². The van der Waals surface area contributed by atoms with Crippen molar-refractivity contribution in [2.24, 2.45) is 0 Å². The molecule has 0 unspecified atom stereocenters. The topological polar surface area (TPSA) is 59.6 Å². The summed E-state index contributed by atoms with van der Waals surface area (Å²) in [5.41, 5.74) is 0.802. The molecule has 134 valence electrons. The first-order valence-corrected chi connectivity index (χ1v) is 7.38. The SMILES string of the molecule is COc1ccc(Cl)cc1NC(=O)NCc1cccc(OC(F)(F)F)c1. The van der Waals surface area contributed by atoms with E-state index in [-0.39, 0.29) is 12.3 Å². The summed E-state index contributed by atoms with van der Waals surface area (Å²) in [7, 11) is 1.44. The Morgan fingerprint density at radius 3 is 2.64 bits per heavy atom. The predicted molar refractivity (Wildman–Crippen MR) is 87.0 cm³/mol. The largest absolute Gasteiger partial charge is 0.573 e. The number of halogens is 4. The summed E-state index contributed by atoms with van der Waals surface area (Å²) in [5, 5.41) is 5.49. The number of urea groups is 1. The molecule has 0 aliphatic rings. The van der Waals surface area contributed by atoms with Gasteiger partial charge in [-0.25, -0.2) is 4.79 Å². The maximum Gasteiger partial charge on any atom is 0.573 e. The molecule has 0 fully saturated rings. The van der Waals surface area contributed by atoms with Crippen molar-refractivity contribution >= 4 is 23.3 Å². The molecule has 0 spiro atoms. The molecule has 2 N–H and O–H groups in total. The number of ether oxygens (including phenoxy) is 2. The Balaban J connectivity index is 1.96. The standard InChI is InChI=1S/C16H14ClF3N2O3/c1-24-14-6-5-11(17)8-13(14)22-15(23)21-9-10-3-2-4-12(7-10)25-16(18,19)20/h2-8H,9H2,1H3,(H2,21,22,23). The minimum absolute atomic E-state index is 0.00374. The molecule has 0 heterocycles. The van der Waals surface area contributed by atoms with Gasteiger partial charge in [0, 0.05) is 11.6 Å². The van der Waals surface area contributed by atoms with Gasteiger partial charge in [0.05, 0.1) is 12.8 Å². The van der Waals surface area contributed by atoms with Crippen LogP contribution >= 0.6 is 11.6 Å². The molecule has 0 saturated heterocycles. The number of nitrogens with one attached hydrogen (secondary N) is 2. The number of alkyl halides is 3. The van der Waals surface area contributed by atoms with E-state index < -0.39 is 12.4 Å². The first-order chi connectivity index (χ1) is 11.8. The molecule has 2 amide bonds. The second-order valence-corrected chi connectivity index (χ2v) is 5.28. The first-order valence-electron chi connectivity index (χ1n) is 7.00. The van der Waals surface area contributed by atoms with Crippen LogP contribution in [0.2, 0.25) is 5.02 Å². The minimum atomic E-state index is -4.77. The number of amides is 2. The van der Waals surface area contributed by atoms with E-state index in [2.05, 4.69) is 15.4 Å². The zero-order chi connectivity index (χ0) is 18.4. The van der Waals surface area contributed by atoms with Crippen molar-refractivity contribution in [2.75, 3.05) is 12.4 Å². The molecule has 0 aromatic heterocycles. The zero-order valence-corrected chi connectivity index (χ0v) is 13.7. The molecule has 2 aromatic carbocycles. The highest BCUT2D eigenvalue weighted by molar-refractivity contribution is 6.31. The van der Waals surface area contributed by atoms with Crippen LogP contribution in [0.5, 0.6) is 11.5 Å². The summed E-state index contributed by atoms with van der Waals surface area (Å²) in [5.74, 6) is 0.0591. The molecule has 0 radical (unpaired) electrons. The second kappa shape index (κ2) is 7.98. The van der Waals surface area contributed by atoms with Crippen LogP contribution in [0.4, 0.5) is 23.7 Å². The van der Waals surface area contributed by atoms with E-state index in [1.54, 1.807) is 18.2 Å². The van der Waals surface area contributed by atoms with E-state index in [0.717, 1.165) is 0 Å². The molecule has 25 heavy (non-hydrogen) atoms. The molecule has 2 aromatic rings. The van der Waals surface area contributed by atoms with Crippen LogP contribution in [0, 0.1) is 0 Å². The summed E-state index contributed by atoms with van der Waals surface area (Å²) in [6.45, 7) is 0.00374. The summed E-state index contributed by atoms with van der Waals surface area (Å²) >= 11 is 5.87. The van der Waals surface area contributed by atoms with Gasteiger partial charge in [0.1, 0.15) is 11.5 Å². The number of rotatable bonds is 5. The minimum Gasteiger partial charge on any atom is -0.495 e. The lowest BCUT2D eigenvalue weighted by Gasteiger charge is -2.12. The molecule has 5 nitrogen and oxygen atoms in total. The van der Waals surface area contributed by atoms with Crippen LogP contribution in [0.1, 0.15) is 5.56 Å². The van der Waals surface area contributed by atoms with E-state index >= 15 is 0 Å². The lowest BCUT2D eigenvalue weighted by atomic mass is 10.2. The average molecular weight is 375 g/mol. The maximum atomic E-state index is 12.2. The number of benzene rings is 2. The normalized spacial score (nSPS) is 10.9. The third-order valence-electron chi connectivity index (χ3n) is 2.99.